The van der Waals surface area contributed by atoms with Crippen molar-refractivity contribution in [2.24, 2.45) is 0 Å². The van der Waals surface area contributed by atoms with E-state index in [1.165, 1.54) is 5.57 Å². The van der Waals surface area contributed by atoms with Gasteiger partial charge in [-0.1, -0.05) is 37.5 Å². The number of nitrogens with two attached hydrogens (primary N) is 1. The van der Waals surface area contributed by atoms with Crippen LogP contribution in [0.3, 0.4) is 0 Å². The van der Waals surface area contributed by atoms with Gasteiger partial charge in [0, 0.05) is 44.0 Å². The van der Waals surface area contributed by atoms with Crippen LogP contribution in [0.2, 0.25) is 0 Å². The van der Waals surface area contributed by atoms with Crippen molar-refractivity contribution in [3.63, 3.8) is 0 Å². The lowest BCUT2D eigenvalue weighted by Gasteiger charge is -2.34. The first-order valence-corrected chi connectivity index (χ1v) is 7.95. The zero-order valence-corrected chi connectivity index (χ0v) is 13.6. The third-order valence-electron chi connectivity index (χ3n) is 4.10. The number of hydrogen-bond donors (Lipinski definition) is 1. The smallest absolute Gasteiger partial charge is 0.254 e. The molecule has 0 saturated carbocycles. The standard InChI is InChI=1S/C19H25N3O/c1-3-6-16(4-2)9-10-21-11-13-22(14-12-21)19(23)17-7-5-8-18(20)15-17/h3-8,15H,1-2,9-14,20H2/b16-6+. The monoisotopic (exact) mass is 311 g/mol. The molecule has 1 aromatic rings. The highest BCUT2D eigenvalue weighted by atomic mass is 16.2. The number of carbonyl (C=O) groups is 1. The van der Waals surface area contributed by atoms with Gasteiger partial charge in [0.2, 0.25) is 0 Å². The van der Waals surface area contributed by atoms with Gasteiger partial charge < -0.3 is 10.6 Å². The summed E-state index contributed by atoms with van der Waals surface area (Å²) in [6.45, 7) is 11.8. The average Bonchev–Trinajstić information content (AvgIpc) is 2.58. The van der Waals surface area contributed by atoms with Crippen LogP contribution in [-0.4, -0.2) is 48.4 Å². The Hall–Kier alpha value is -2.33. The van der Waals surface area contributed by atoms with Crippen molar-refractivity contribution in [3.05, 3.63) is 66.8 Å². The van der Waals surface area contributed by atoms with Gasteiger partial charge in [-0.25, -0.2) is 0 Å². The van der Waals surface area contributed by atoms with Crippen LogP contribution in [0, 0.1) is 0 Å². The number of benzene rings is 1. The van der Waals surface area contributed by atoms with Crippen molar-refractivity contribution in [2.75, 3.05) is 38.5 Å². The topological polar surface area (TPSA) is 49.6 Å². The molecule has 1 saturated heterocycles. The Kier molecular flexibility index (Phi) is 6.18. The average molecular weight is 311 g/mol. The second-order valence-electron chi connectivity index (χ2n) is 5.69. The number of carbonyl (C=O) groups excluding carboxylic acids is 1. The quantitative estimate of drug-likeness (QED) is 0.649. The molecule has 0 bridgehead atoms. The maximum absolute atomic E-state index is 12.5. The normalized spacial score (nSPS) is 16.2. The SMILES string of the molecule is C=C/C=C(\C=C)CCN1CCN(C(=O)c2cccc(N)c2)CC1. The lowest BCUT2D eigenvalue weighted by Crippen LogP contribution is -2.48. The van der Waals surface area contributed by atoms with Gasteiger partial charge in [0.1, 0.15) is 0 Å². The number of allylic oxidation sites excluding steroid dienone is 3. The molecule has 0 unspecified atom stereocenters. The summed E-state index contributed by atoms with van der Waals surface area (Å²) in [6.07, 6.45) is 6.62. The van der Waals surface area contributed by atoms with E-state index in [9.17, 15) is 4.79 Å². The van der Waals surface area contributed by atoms with E-state index in [2.05, 4.69) is 18.1 Å². The fraction of sp³-hybridized carbons (Fsp3) is 0.316. The number of piperazine rings is 1. The molecule has 0 aromatic heterocycles. The summed E-state index contributed by atoms with van der Waals surface area (Å²) in [5, 5.41) is 0. The molecule has 122 valence electrons. The summed E-state index contributed by atoms with van der Waals surface area (Å²) in [4.78, 5) is 16.8. The van der Waals surface area contributed by atoms with E-state index in [0.717, 1.165) is 39.1 Å². The second kappa shape index (κ2) is 8.34. The van der Waals surface area contributed by atoms with E-state index in [0.29, 0.717) is 11.3 Å². The Morgan fingerprint density at radius 2 is 1.96 bits per heavy atom. The molecule has 0 aliphatic carbocycles. The first-order valence-electron chi connectivity index (χ1n) is 7.95. The number of anilines is 1. The Labute approximate surface area is 138 Å². The van der Waals surface area contributed by atoms with Crippen molar-refractivity contribution in [2.45, 2.75) is 6.42 Å². The lowest BCUT2D eigenvalue weighted by molar-refractivity contribution is 0.0639. The van der Waals surface area contributed by atoms with Gasteiger partial charge in [-0.3, -0.25) is 9.69 Å². The minimum Gasteiger partial charge on any atom is -0.399 e. The third kappa shape index (κ3) is 4.83. The summed E-state index contributed by atoms with van der Waals surface area (Å²) in [5.74, 6) is 0.0651. The maximum atomic E-state index is 12.5. The van der Waals surface area contributed by atoms with Gasteiger partial charge in [-0.2, -0.15) is 0 Å². The molecule has 0 atom stereocenters. The number of hydrogen-bond acceptors (Lipinski definition) is 3. The van der Waals surface area contributed by atoms with E-state index in [4.69, 9.17) is 5.73 Å². The summed E-state index contributed by atoms with van der Waals surface area (Å²) in [6, 6.07) is 7.18. The molecule has 1 aliphatic heterocycles. The lowest BCUT2D eigenvalue weighted by atomic mass is 10.1. The largest absolute Gasteiger partial charge is 0.399 e. The van der Waals surface area contributed by atoms with E-state index >= 15 is 0 Å². The molecule has 23 heavy (non-hydrogen) atoms. The molecule has 1 fully saturated rings. The van der Waals surface area contributed by atoms with Gasteiger partial charge in [0.05, 0.1) is 0 Å². The van der Waals surface area contributed by atoms with Crippen LogP contribution >= 0.6 is 0 Å². The van der Waals surface area contributed by atoms with Gasteiger partial charge in [0.15, 0.2) is 0 Å². The minimum absolute atomic E-state index is 0.0651. The predicted molar refractivity (Wildman–Crippen MR) is 96.3 cm³/mol. The van der Waals surface area contributed by atoms with Gasteiger partial charge >= 0.3 is 0 Å². The first-order chi connectivity index (χ1) is 11.1. The van der Waals surface area contributed by atoms with E-state index < -0.39 is 0 Å². The molecule has 1 aromatic carbocycles. The highest BCUT2D eigenvalue weighted by Crippen LogP contribution is 2.13. The van der Waals surface area contributed by atoms with Gasteiger partial charge in [-0.05, 0) is 30.2 Å². The van der Waals surface area contributed by atoms with Crippen LogP contribution in [-0.2, 0) is 0 Å². The third-order valence-corrected chi connectivity index (χ3v) is 4.10. The highest BCUT2D eigenvalue weighted by molar-refractivity contribution is 5.95. The summed E-state index contributed by atoms with van der Waals surface area (Å²) < 4.78 is 0. The zero-order valence-electron chi connectivity index (χ0n) is 13.6. The maximum Gasteiger partial charge on any atom is 0.254 e. The van der Waals surface area contributed by atoms with Crippen LogP contribution in [0.15, 0.2) is 61.2 Å². The van der Waals surface area contributed by atoms with E-state index in [-0.39, 0.29) is 5.91 Å². The number of nitrogens with zero attached hydrogens (tertiary/aromatic N) is 2. The van der Waals surface area contributed by atoms with Crippen LogP contribution < -0.4 is 5.73 Å². The molecule has 2 rings (SSSR count). The first kappa shape index (κ1) is 17.0. The number of rotatable bonds is 6. The number of amides is 1. The van der Waals surface area contributed by atoms with Crippen molar-refractivity contribution >= 4 is 11.6 Å². The highest BCUT2D eigenvalue weighted by Gasteiger charge is 2.21. The van der Waals surface area contributed by atoms with Crippen molar-refractivity contribution < 1.29 is 4.79 Å². The molecule has 0 spiro atoms. The van der Waals surface area contributed by atoms with E-state index in [1.807, 2.05) is 29.2 Å². The summed E-state index contributed by atoms with van der Waals surface area (Å²) in [5.41, 5.74) is 8.24. The van der Waals surface area contributed by atoms with Crippen LogP contribution in [0.1, 0.15) is 16.8 Å². The van der Waals surface area contributed by atoms with Crippen molar-refractivity contribution in [1.29, 1.82) is 0 Å². The molecule has 4 heteroatoms. The van der Waals surface area contributed by atoms with Crippen LogP contribution in [0.5, 0.6) is 0 Å². The Morgan fingerprint density at radius 1 is 1.22 bits per heavy atom. The Morgan fingerprint density at radius 3 is 2.57 bits per heavy atom. The van der Waals surface area contributed by atoms with E-state index in [1.54, 1.807) is 18.2 Å². The minimum atomic E-state index is 0.0651. The molecule has 1 heterocycles. The molecule has 1 aliphatic rings. The second-order valence-corrected chi connectivity index (χ2v) is 5.69. The Balaban J connectivity index is 1.84. The molecule has 2 N–H and O–H groups in total. The zero-order chi connectivity index (χ0) is 16.7. The summed E-state index contributed by atoms with van der Waals surface area (Å²) in [7, 11) is 0. The molecular weight excluding hydrogens is 286 g/mol. The number of nitrogen functional groups attached to an aromatic ring is 1. The fourth-order valence-electron chi connectivity index (χ4n) is 2.72. The summed E-state index contributed by atoms with van der Waals surface area (Å²) >= 11 is 0. The molecule has 0 radical (unpaired) electrons. The van der Waals surface area contributed by atoms with Crippen molar-refractivity contribution in [1.82, 2.24) is 9.80 Å². The van der Waals surface area contributed by atoms with Crippen LogP contribution in [0.25, 0.3) is 0 Å². The van der Waals surface area contributed by atoms with Crippen molar-refractivity contribution in [3.8, 4) is 0 Å². The predicted octanol–water partition coefficient (Wildman–Crippen LogP) is 2.72. The molecular formula is C19H25N3O. The molecule has 1 amide bonds. The molecule has 4 nitrogen and oxygen atoms in total. The van der Waals surface area contributed by atoms with Gasteiger partial charge in [-0.15, -0.1) is 0 Å². The van der Waals surface area contributed by atoms with Crippen LogP contribution in [0.4, 0.5) is 5.69 Å². The fourth-order valence-corrected chi connectivity index (χ4v) is 2.72. The van der Waals surface area contributed by atoms with Gasteiger partial charge in [0.25, 0.3) is 5.91 Å². The Bertz CT molecular complexity index is 598.